The molecule has 0 N–H and O–H groups in total. The van der Waals surface area contributed by atoms with Gasteiger partial charge in [0.15, 0.2) is 0 Å². The zero-order valence-corrected chi connectivity index (χ0v) is 17.0. The van der Waals surface area contributed by atoms with Gasteiger partial charge in [0.1, 0.15) is 6.10 Å². The first-order chi connectivity index (χ1) is 13.4. The molecule has 2 saturated heterocycles. The van der Waals surface area contributed by atoms with Crippen LogP contribution < -0.4 is 0 Å². The molecule has 152 valence electrons. The van der Waals surface area contributed by atoms with Gasteiger partial charge >= 0.3 is 5.97 Å². The number of ether oxygens (including phenoxy) is 1. The Morgan fingerprint density at radius 2 is 2.00 bits per heavy atom. The zero-order chi connectivity index (χ0) is 19.8. The Hall–Kier alpha value is -1.93. The predicted molar refractivity (Wildman–Crippen MR) is 106 cm³/mol. The molecule has 2 aliphatic rings. The largest absolute Gasteiger partial charge is 0.460 e. The van der Waals surface area contributed by atoms with Gasteiger partial charge in [-0.1, -0.05) is 25.5 Å². The number of sulfonamides is 1. The zero-order valence-electron chi connectivity index (χ0n) is 16.2. The molecule has 7 nitrogen and oxygen atoms in total. The lowest BCUT2D eigenvalue weighted by Crippen LogP contribution is -2.45. The summed E-state index contributed by atoms with van der Waals surface area (Å²) in [5.74, 6) is 0.0182. The highest BCUT2D eigenvalue weighted by Crippen LogP contribution is 2.44. The SMILES string of the molecule is CCCCS(=O)(=O)N1CCC2(CC1)CC(Cn1cnc3ccccc31)OC2=O. The number of hydrogen-bond donors (Lipinski definition) is 0. The number of fused-ring (bicyclic) bond motifs is 1. The average molecular weight is 406 g/mol. The first-order valence-electron chi connectivity index (χ1n) is 10.0. The summed E-state index contributed by atoms with van der Waals surface area (Å²) in [6, 6.07) is 7.89. The number of unbranched alkanes of at least 4 members (excludes halogenated alkanes) is 1. The fourth-order valence-corrected chi connectivity index (χ4v) is 6.02. The maximum Gasteiger partial charge on any atom is 0.312 e. The van der Waals surface area contributed by atoms with Crippen LogP contribution in [0.2, 0.25) is 0 Å². The number of cyclic esters (lactones) is 1. The molecule has 28 heavy (non-hydrogen) atoms. The Kier molecular flexibility index (Phi) is 5.18. The van der Waals surface area contributed by atoms with Crippen molar-refractivity contribution in [2.45, 2.75) is 51.7 Å². The number of hydrogen-bond acceptors (Lipinski definition) is 5. The van der Waals surface area contributed by atoms with Gasteiger partial charge in [-0.25, -0.2) is 17.7 Å². The van der Waals surface area contributed by atoms with Crippen molar-refractivity contribution < 1.29 is 17.9 Å². The monoisotopic (exact) mass is 405 g/mol. The normalized spacial score (nSPS) is 22.8. The van der Waals surface area contributed by atoms with Gasteiger partial charge in [0.2, 0.25) is 10.0 Å². The quantitative estimate of drug-likeness (QED) is 0.690. The molecular formula is C20H27N3O4S. The lowest BCUT2D eigenvalue weighted by Gasteiger charge is -2.35. The van der Waals surface area contributed by atoms with E-state index in [9.17, 15) is 13.2 Å². The molecule has 1 aromatic carbocycles. The van der Waals surface area contributed by atoms with E-state index in [2.05, 4.69) is 4.98 Å². The third kappa shape index (κ3) is 3.55. The molecule has 1 aromatic heterocycles. The van der Waals surface area contributed by atoms with E-state index in [1.807, 2.05) is 35.8 Å². The van der Waals surface area contributed by atoms with E-state index < -0.39 is 15.4 Å². The topological polar surface area (TPSA) is 81.5 Å². The minimum absolute atomic E-state index is 0.174. The molecule has 2 fully saturated rings. The molecule has 1 unspecified atom stereocenters. The van der Waals surface area contributed by atoms with Crippen molar-refractivity contribution in [2.75, 3.05) is 18.8 Å². The fourth-order valence-electron chi connectivity index (χ4n) is 4.37. The van der Waals surface area contributed by atoms with E-state index in [0.29, 0.717) is 45.3 Å². The number of carbonyl (C=O) groups is 1. The van der Waals surface area contributed by atoms with E-state index in [1.54, 1.807) is 10.6 Å². The predicted octanol–water partition coefficient (Wildman–Crippen LogP) is 2.56. The molecule has 2 aliphatic heterocycles. The van der Waals surface area contributed by atoms with Gasteiger partial charge in [-0.05, 0) is 31.4 Å². The third-order valence-electron chi connectivity index (χ3n) is 6.08. The fraction of sp³-hybridized carbons (Fsp3) is 0.600. The summed E-state index contributed by atoms with van der Waals surface area (Å²) in [7, 11) is -3.22. The van der Waals surface area contributed by atoms with Crippen LogP contribution in [0.5, 0.6) is 0 Å². The van der Waals surface area contributed by atoms with Crippen LogP contribution in [-0.2, 0) is 26.1 Å². The Labute approximate surface area is 165 Å². The van der Waals surface area contributed by atoms with Crippen molar-refractivity contribution in [3.8, 4) is 0 Å². The number of para-hydroxylation sites is 2. The maximum absolute atomic E-state index is 12.7. The third-order valence-corrected chi connectivity index (χ3v) is 8.04. The number of benzene rings is 1. The molecule has 0 amide bonds. The smallest absolute Gasteiger partial charge is 0.312 e. The Morgan fingerprint density at radius 3 is 2.75 bits per heavy atom. The highest BCUT2D eigenvalue weighted by Gasteiger charge is 2.51. The minimum atomic E-state index is -3.22. The average Bonchev–Trinajstić information content (AvgIpc) is 3.22. The van der Waals surface area contributed by atoms with E-state index in [0.717, 1.165) is 17.5 Å². The van der Waals surface area contributed by atoms with Gasteiger partial charge in [0.05, 0.1) is 35.1 Å². The number of esters is 1. The maximum atomic E-state index is 12.7. The molecule has 0 aliphatic carbocycles. The molecule has 1 atom stereocenters. The Bertz CT molecular complexity index is 961. The molecule has 3 heterocycles. The molecular weight excluding hydrogens is 378 g/mol. The van der Waals surface area contributed by atoms with E-state index >= 15 is 0 Å². The number of nitrogens with zero attached hydrogens (tertiary/aromatic N) is 3. The van der Waals surface area contributed by atoms with Crippen LogP contribution in [0.1, 0.15) is 39.0 Å². The van der Waals surface area contributed by atoms with Crippen molar-refractivity contribution in [3.63, 3.8) is 0 Å². The summed E-state index contributed by atoms with van der Waals surface area (Å²) >= 11 is 0. The summed E-state index contributed by atoms with van der Waals surface area (Å²) in [6.07, 6.45) is 4.83. The number of carbonyl (C=O) groups excluding carboxylic acids is 1. The minimum Gasteiger partial charge on any atom is -0.460 e. The van der Waals surface area contributed by atoms with Crippen molar-refractivity contribution >= 4 is 27.0 Å². The van der Waals surface area contributed by atoms with Crippen LogP contribution in [0.3, 0.4) is 0 Å². The van der Waals surface area contributed by atoms with Gasteiger partial charge in [-0.15, -0.1) is 0 Å². The second-order valence-corrected chi connectivity index (χ2v) is 10.1. The van der Waals surface area contributed by atoms with Crippen LogP contribution in [0, 0.1) is 5.41 Å². The van der Waals surface area contributed by atoms with Crippen LogP contribution >= 0.6 is 0 Å². The van der Waals surface area contributed by atoms with Crippen molar-refractivity contribution in [2.24, 2.45) is 5.41 Å². The van der Waals surface area contributed by atoms with Gasteiger partial charge in [-0.3, -0.25) is 4.79 Å². The summed E-state index contributed by atoms with van der Waals surface area (Å²) in [5.41, 5.74) is 1.40. The molecule has 0 radical (unpaired) electrons. The Balaban J connectivity index is 1.41. The van der Waals surface area contributed by atoms with Gasteiger partial charge < -0.3 is 9.30 Å². The standard InChI is InChI=1S/C20H27N3O4S/c1-2-3-12-28(25,26)23-10-8-20(9-11-23)13-16(27-19(20)24)14-22-15-21-17-6-4-5-7-18(17)22/h4-7,15-16H,2-3,8-14H2,1H3. The summed E-state index contributed by atoms with van der Waals surface area (Å²) in [5, 5.41) is 0. The van der Waals surface area contributed by atoms with Crippen molar-refractivity contribution in [1.29, 1.82) is 0 Å². The van der Waals surface area contributed by atoms with Gasteiger partial charge in [0.25, 0.3) is 0 Å². The lowest BCUT2D eigenvalue weighted by atomic mass is 9.76. The number of rotatable bonds is 6. The first kappa shape index (κ1) is 19.4. The van der Waals surface area contributed by atoms with Crippen LogP contribution in [-0.4, -0.2) is 53.2 Å². The number of imidazole rings is 1. The molecule has 2 aromatic rings. The van der Waals surface area contributed by atoms with E-state index in [1.165, 1.54) is 0 Å². The van der Waals surface area contributed by atoms with Gasteiger partial charge in [-0.2, -0.15) is 0 Å². The van der Waals surface area contributed by atoms with E-state index in [4.69, 9.17) is 4.74 Å². The summed E-state index contributed by atoms with van der Waals surface area (Å²) < 4.78 is 34.1. The van der Waals surface area contributed by atoms with Crippen LogP contribution in [0.25, 0.3) is 11.0 Å². The molecule has 1 spiro atoms. The Morgan fingerprint density at radius 1 is 1.25 bits per heavy atom. The summed E-state index contributed by atoms with van der Waals surface area (Å²) in [6.45, 7) is 3.37. The molecule has 8 heteroatoms. The number of piperidine rings is 1. The molecule has 4 rings (SSSR count). The van der Waals surface area contributed by atoms with Gasteiger partial charge in [0, 0.05) is 19.5 Å². The van der Waals surface area contributed by atoms with E-state index in [-0.39, 0.29) is 17.8 Å². The van der Waals surface area contributed by atoms with Crippen LogP contribution in [0.15, 0.2) is 30.6 Å². The highest BCUT2D eigenvalue weighted by molar-refractivity contribution is 7.89. The van der Waals surface area contributed by atoms with Crippen molar-refractivity contribution in [1.82, 2.24) is 13.9 Å². The second kappa shape index (κ2) is 7.48. The van der Waals surface area contributed by atoms with Crippen LogP contribution in [0.4, 0.5) is 0 Å². The first-order valence-corrected chi connectivity index (χ1v) is 11.6. The molecule has 0 saturated carbocycles. The van der Waals surface area contributed by atoms with Crippen molar-refractivity contribution in [3.05, 3.63) is 30.6 Å². The summed E-state index contributed by atoms with van der Waals surface area (Å²) in [4.78, 5) is 17.1. The molecule has 0 bridgehead atoms. The lowest BCUT2D eigenvalue weighted by molar-refractivity contribution is -0.150. The second-order valence-electron chi connectivity index (χ2n) is 7.97. The highest BCUT2D eigenvalue weighted by atomic mass is 32.2. The number of aromatic nitrogens is 2.